The number of aryl methyl sites for hydroxylation is 2. The molecule has 0 saturated carbocycles. The van der Waals surface area contributed by atoms with Crippen LogP contribution >= 0.6 is 0 Å². The molecule has 2 N–H and O–H groups in total. The summed E-state index contributed by atoms with van der Waals surface area (Å²) in [5.41, 5.74) is 3.19. The number of rotatable bonds is 5. The molecule has 0 atom stereocenters. The van der Waals surface area contributed by atoms with Gasteiger partial charge in [0.2, 0.25) is 11.8 Å². The number of piperidine rings is 1. The lowest BCUT2D eigenvalue weighted by Crippen LogP contribution is -2.37. The molecule has 1 aromatic heterocycles. The fraction of sp³-hybridized carbons (Fsp3) is 0.400. The van der Waals surface area contributed by atoms with Gasteiger partial charge in [-0.3, -0.25) is 4.79 Å². The quantitative estimate of drug-likeness (QED) is 0.879. The second kappa shape index (κ2) is 8.12. The summed E-state index contributed by atoms with van der Waals surface area (Å²) in [4.78, 5) is 16.5. The van der Waals surface area contributed by atoms with Crippen molar-refractivity contribution >= 4 is 5.91 Å². The Morgan fingerprint density at radius 1 is 1.24 bits per heavy atom. The second-order valence-corrected chi connectivity index (χ2v) is 6.62. The van der Waals surface area contributed by atoms with Gasteiger partial charge in [0.15, 0.2) is 0 Å². The smallest absolute Gasteiger partial charge is 0.223 e. The van der Waals surface area contributed by atoms with Crippen LogP contribution in [0.2, 0.25) is 0 Å². The maximum absolute atomic E-state index is 12.2. The molecule has 0 unspecified atom stereocenters. The van der Waals surface area contributed by atoms with Crippen LogP contribution in [0.15, 0.2) is 36.5 Å². The lowest BCUT2D eigenvalue weighted by Gasteiger charge is -2.21. The number of hydrogen-bond acceptors (Lipinski definition) is 4. The predicted molar refractivity (Wildman–Crippen MR) is 97.7 cm³/mol. The molecule has 2 aromatic rings. The fourth-order valence-electron chi connectivity index (χ4n) is 2.92. The summed E-state index contributed by atoms with van der Waals surface area (Å²) in [5, 5.41) is 6.28. The number of nitrogens with one attached hydrogen (secondary N) is 2. The number of carbonyl (C=O) groups is 1. The van der Waals surface area contributed by atoms with Crippen LogP contribution in [0, 0.1) is 19.8 Å². The Morgan fingerprint density at radius 2 is 2.04 bits per heavy atom. The van der Waals surface area contributed by atoms with E-state index in [9.17, 15) is 4.79 Å². The van der Waals surface area contributed by atoms with E-state index < -0.39 is 0 Å². The highest BCUT2D eigenvalue weighted by Gasteiger charge is 2.20. The minimum absolute atomic E-state index is 0.126. The van der Waals surface area contributed by atoms with Crippen molar-refractivity contribution in [2.45, 2.75) is 33.2 Å². The second-order valence-electron chi connectivity index (χ2n) is 6.62. The van der Waals surface area contributed by atoms with Crippen molar-refractivity contribution in [3.8, 4) is 11.6 Å². The van der Waals surface area contributed by atoms with Gasteiger partial charge in [-0.15, -0.1) is 0 Å². The first kappa shape index (κ1) is 17.4. The van der Waals surface area contributed by atoms with Crippen molar-refractivity contribution in [1.29, 1.82) is 0 Å². The molecule has 132 valence electrons. The third kappa shape index (κ3) is 4.79. The number of benzene rings is 1. The molecular formula is C20H25N3O2. The number of pyridine rings is 1. The Bertz CT molecular complexity index is 722. The van der Waals surface area contributed by atoms with Crippen LogP contribution in [0.5, 0.6) is 11.6 Å². The van der Waals surface area contributed by atoms with Crippen LogP contribution in [0.3, 0.4) is 0 Å². The predicted octanol–water partition coefficient (Wildman–Crippen LogP) is 3.11. The maximum atomic E-state index is 12.2. The third-order valence-corrected chi connectivity index (χ3v) is 4.53. The molecule has 25 heavy (non-hydrogen) atoms. The summed E-state index contributed by atoms with van der Waals surface area (Å²) in [6.45, 7) is 6.39. The number of carbonyl (C=O) groups excluding carboxylic acids is 1. The standard InChI is InChI=1S/C20H25N3O2/c1-14-3-4-15(2)18(11-14)25-19-6-5-16(12-22-19)13-23-20(24)17-7-9-21-10-8-17/h3-6,11-12,17,21H,7-10,13H2,1-2H3,(H,23,24). The molecule has 5 nitrogen and oxygen atoms in total. The first-order valence-corrected chi connectivity index (χ1v) is 8.80. The number of ether oxygens (including phenoxy) is 1. The van der Waals surface area contributed by atoms with Crippen LogP contribution in [0.25, 0.3) is 0 Å². The lowest BCUT2D eigenvalue weighted by atomic mass is 9.97. The zero-order valence-corrected chi connectivity index (χ0v) is 14.8. The lowest BCUT2D eigenvalue weighted by molar-refractivity contribution is -0.125. The van der Waals surface area contributed by atoms with E-state index >= 15 is 0 Å². The van der Waals surface area contributed by atoms with Crippen LogP contribution in [0.4, 0.5) is 0 Å². The molecule has 1 aliphatic heterocycles. The average Bonchev–Trinajstić information content (AvgIpc) is 2.64. The highest BCUT2D eigenvalue weighted by Crippen LogP contribution is 2.24. The van der Waals surface area contributed by atoms with Gasteiger partial charge in [-0.1, -0.05) is 18.2 Å². The summed E-state index contributed by atoms with van der Waals surface area (Å²) in [7, 11) is 0. The average molecular weight is 339 g/mol. The van der Waals surface area contributed by atoms with Crippen LogP contribution < -0.4 is 15.4 Å². The van der Waals surface area contributed by atoms with Gasteiger partial charge in [-0.05, 0) is 62.5 Å². The number of nitrogens with zero attached hydrogens (tertiary/aromatic N) is 1. The monoisotopic (exact) mass is 339 g/mol. The van der Waals surface area contributed by atoms with Crippen LogP contribution in [-0.2, 0) is 11.3 Å². The van der Waals surface area contributed by atoms with Gasteiger partial charge in [0.05, 0.1) is 0 Å². The Hall–Kier alpha value is -2.40. The van der Waals surface area contributed by atoms with Crippen molar-refractivity contribution in [3.63, 3.8) is 0 Å². The molecule has 0 aliphatic carbocycles. The van der Waals surface area contributed by atoms with Gasteiger partial charge < -0.3 is 15.4 Å². The minimum Gasteiger partial charge on any atom is -0.439 e. The van der Waals surface area contributed by atoms with Crippen molar-refractivity contribution in [3.05, 3.63) is 53.2 Å². The Balaban J connectivity index is 1.55. The number of amides is 1. The van der Waals surface area contributed by atoms with E-state index in [1.54, 1.807) is 6.20 Å². The molecule has 0 radical (unpaired) electrons. The van der Waals surface area contributed by atoms with Crippen molar-refractivity contribution in [2.75, 3.05) is 13.1 Å². The molecule has 3 rings (SSSR count). The van der Waals surface area contributed by atoms with E-state index in [1.165, 1.54) is 0 Å². The molecule has 1 aliphatic rings. The van der Waals surface area contributed by atoms with E-state index in [4.69, 9.17) is 4.74 Å². The molecule has 0 bridgehead atoms. The zero-order chi connectivity index (χ0) is 17.6. The number of hydrogen-bond donors (Lipinski definition) is 2. The summed E-state index contributed by atoms with van der Waals surface area (Å²) < 4.78 is 5.86. The topological polar surface area (TPSA) is 63.2 Å². The van der Waals surface area contributed by atoms with Crippen molar-refractivity contribution < 1.29 is 9.53 Å². The molecule has 2 heterocycles. The Kier molecular flexibility index (Phi) is 5.66. The van der Waals surface area contributed by atoms with E-state index in [2.05, 4.69) is 21.7 Å². The van der Waals surface area contributed by atoms with Crippen LogP contribution in [-0.4, -0.2) is 24.0 Å². The summed E-state index contributed by atoms with van der Waals surface area (Å²) >= 11 is 0. The highest BCUT2D eigenvalue weighted by atomic mass is 16.5. The molecular weight excluding hydrogens is 314 g/mol. The van der Waals surface area contributed by atoms with Gasteiger partial charge in [0.25, 0.3) is 0 Å². The zero-order valence-electron chi connectivity index (χ0n) is 14.8. The van der Waals surface area contributed by atoms with Crippen LogP contribution in [0.1, 0.15) is 29.5 Å². The van der Waals surface area contributed by atoms with Gasteiger partial charge in [0, 0.05) is 24.7 Å². The molecule has 1 amide bonds. The third-order valence-electron chi connectivity index (χ3n) is 4.53. The maximum Gasteiger partial charge on any atom is 0.223 e. The Morgan fingerprint density at radius 3 is 2.76 bits per heavy atom. The molecule has 0 spiro atoms. The minimum atomic E-state index is 0.126. The largest absolute Gasteiger partial charge is 0.439 e. The van der Waals surface area contributed by atoms with Crippen molar-refractivity contribution in [1.82, 2.24) is 15.6 Å². The SMILES string of the molecule is Cc1ccc(C)c(Oc2ccc(CNC(=O)C3CCNCC3)cn2)c1. The first-order valence-electron chi connectivity index (χ1n) is 8.80. The van der Waals surface area contributed by atoms with Gasteiger partial charge in [-0.2, -0.15) is 0 Å². The number of aromatic nitrogens is 1. The molecule has 5 heteroatoms. The Labute approximate surface area is 148 Å². The van der Waals surface area contributed by atoms with Gasteiger partial charge in [0.1, 0.15) is 5.75 Å². The molecule has 1 saturated heterocycles. The fourth-order valence-corrected chi connectivity index (χ4v) is 2.92. The molecule has 1 aromatic carbocycles. The first-order chi connectivity index (χ1) is 12.1. The van der Waals surface area contributed by atoms with Gasteiger partial charge >= 0.3 is 0 Å². The highest BCUT2D eigenvalue weighted by molar-refractivity contribution is 5.78. The summed E-state index contributed by atoms with van der Waals surface area (Å²) in [5.74, 6) is 1.64. The van der Waals surface area contributed by atoms with E-state index in [1.807, 2.05) is 38.1 Å². The van der Waals surface area contributed by atoms with E-state index in [0.717, 1.165) is 48.4 Å². The van der Waals surface area contributed by atoms with Crippen molar-refractivity contribution in [2.24, 2.45) is 5.92 Å². The molecule has 1 fully saturated rings. The normalized spacial score (nSPS) is 15.0. The van der Waals surface area contributed by atoms with Gasteiger partial charge in [-0.25, -0.2) is 4.98 Å². The van der Waals surface area contributed by atoms with E-state index in [0.29, 0.717) is 12.4 Å². The van der Waals surface area contributed by atoms with E-state index in [-0.39, 0.29) is 11.8 Å². The summed E-state index contributed by atoms with van der Waals surface area (Å²) in [6, 6.07) is 9.88. The summed E-state index contributed by atoms with van der Waals surface area (Å²) in [6.07, 6.45) is 3.57.